The molecule has 3 rings (SSSR count). The van der Waals surface area contributed by atoms with Crippen LogP contribution in [0.4, 0.5) is 0 Å². The van der Waals surface area contributed by atoms with Crippen molar-refractivity contribution < 1.29 is 18.9 Å². The molecule has 1 atom stereocenters. The van der Waals surface area contributed by atoms with Crippen LogP contribution < -0.4 is 14.2 Å². The second-order valence-corrected chi connectivity index (χ2v) is 3.84. The molecular weight excluding hydrogens is 222 g/mol. The molecule has 1 fully saturated rings. The Balaban J connectivity index is 1.89. The zero-order valence-corrected chi connectivity index (χ0v) is 9.14. The van der Waals surface area contributed by atoms with Crippen LogP contribution in [0, 0.1) is 11.3 Å². The van der Waals surface area contributed by atoms with E-state index >= 15 is 0 Å². The summed E-state index contributed by atoms with van der Waals surface area (Å²) in [4.78, 5) is 0. The van der Waals surface area contributed by atoms with Gasteiger partial charge in [-0.15, -0.1) is 0 Å². The number of rotatable bonds is 3. The van der Waals surface area contributed by atoms with E-state index in [1.807, 2.05) is 0 Å². The van der Waals surface area contributed by atoms with Gasteiger partial charge in [-0.05, 0) is 12.1 Å². The van der Waals surface area contributed by atoms with Crippen LogP contribution in [-0.2, 0) is 4.74 Å². The van der Waals surface area contributed by atoms with Gasteiger partial charge in [-0.2, -0.15) is 5.26 Å². The molecule has 1 saturated heterocycles. The number of benzene rings is 1. The third kappa shape index (κ3) is 1.99. The SMILES string of the molecule is N#Cc1ccc(OCC2CO2)c2c1OCCO2. The first-order valence-corrected chi connectivity index (χ1v) is 5.45. The number of nitriles is 1. The Morgan fingerprint density at radius 3 is 2.76 bits per heavy atom. The Morgan fingerprint density at radius 2 is 2.06 bits per heavy atom. The second-order valence-electron chi connectivity index (χ2n) is 3.84. The average molecular weight is 233 g/mol. The van der Waals surface area contributed by atoms with Gasteiger partial charge in [0.1, 0.15) is 32.0 Å². The number of hydrogen-bond donors (Lipinski definition) is 0. The summed E-state index contributed by atoms with van der Waals surface area (Å²) in [6.07, 6.45) is 0.186. The predicted octanol–water partition coefficient (Wildman–Crippen LogP) is 1.11. The van der Waals surface area contributed by atoms with Crippen LogP contribution in [0.2, 0.25) is 0 Å². The number of ether oxygens (including phenoxy) is 4. The van der Waals surface area contributed by atoms with E-state index in [9.17, 15) is 0 Å². The van der Waals surface area contributed by atoms with Gasteiger partial charge in [-0.25, -0.2) is 0 Å². The van der Waals surface area contributed by atoms with E-state index in [2.05, 4.69) is 6.07 Å². The standard InChI is InChI=1S/C12H11NO4/c13-5-8-1-2-10(17-7-9-6-16-9)12-11(8)14-3-4-15-12/h1-2,9H,3-4,6-7H2. The summed E-state index contributed by atoms with van der Waals surface area (Å²) in [5, 5.41) is 8.97. The summed E-state index contributed by atoms with van der Waals surface area (Å²) in [5.41, 5.74) is 0.467. The molecule has 1 aromatic carbocycles. The van der Waals surface area contributed by atoms with Gasteiger partial charge in [0.25, 0.3) is 0 Å². The molecule has 88 valence electrons. The van der Waals surface area contributed by atoms with Crippen LogP contribution in [0.15, 0.2) is 12.1 Å². The lowest BCUT2D eigenvalue weighted by molar-refractivity contribution is 0.159. The highest BCUT2D eigenvalue weighted by Gasteiger charge is 2.26. The van der Waals surface area contributed by atoms with Gasteiger partial charge < -0.3 is 18.9 Å². The summed E-state index contributed by atoms with van der Waals surface area (Å²) < 4.78 is 21.6. The largest absolute Gasteiger partial charge is 0.487 e. The van der Waals surface area contributed by atoms with E-state index in [1.165, 1.54) is 0 Å². The first-order valence-electron chi connectivity index (χ1n) is 5.45. The van der Waals surface area contributed by atoms with Gasteiger partial charge in [-0.1, -0.05) is 0 Å². The van der Waals surface area contributed by atoms with Crippen molar-refractivity contribution >= 4 is 0 Å². The zero-order valence-electron chi connectivity index (χ0n) is 9.14. The van der Waals surface area contributed by atoms with Crippen LogP contribution in [0.3, 0.4) is 0 Å². The molecule has 1 unspecified atom stereocenters. The first-order chi connectivity index (χ1) is 8.38. The average Bonchev–Trinajstić information content (AvgIpc) is 3.20. The summed E-state index contributed by atoms with van der Waals surface area (Å²) in [6, 6.07) is 5.48. The Bertz CT molecular complexity index is 476. The predicted molar refractivity (Wildman–Crippen MR) is 57.4 cm³/mol. The maximum atomic E-state index is 8.97. The molecule has 2 aliphatic heterocycles. The maximum Gasteiger partial charge on any atom is 0.205 e. The van der Waals surface area contributed by atoms with Gasteiger partial charge in [0, 0.05) is 0 Å². The number of hydrogen-bond acceptors (Lipinski definition) is 5. The third-order valence-electron chi connectivity index (χ3n) is 2.60. The van der Waals surface area contributed by atoms with Crippen molar-refractivity contribution in [3.05, 3.63) is 17.7 Å². The Kier molecular flexibility index (Phi) is 2.50. The molecule has 0 radical (unpaired) electrons. The first kappa shape index (κ1) is 10.2. The van der Waals surface area contributed by atoms with E-state index in [4.69, 9.17) is 24.2 Å². The summed E-state index contributed by atoms with van der Waals surface area (Å²) in [6.45, 7) is 2.17. The highest BCUT2D eigenvalue weighted by Crippen LogP contribution is 2.41. The van der Waals surface area contributed by atoms with Crippen LogP contribution in [0.25, 0.3) is 0 Å². The minimum Gasteiger partial charge on any atom is -0.487 e. The highest BCUT2D eigenvalue weighted by atomic mass is 16.6. The maximum absolute atomic E-state index is 8.97. The zero-order chi connectivity index (χ0) is 11.7. The number of nitrogens with zero attached hydrogens (tertiary/aromatic N) is 1. The van der Waals surface area contributed by atoms with E-state index in [0.717, 1.165) is 6.61 Å². The molecule has 5 heteroatoms. The number of fused-ring (bicyclic) bond motifs is 1. The monoisotopic (exact) mass is 233 g/mol. The number of epoxide rings is 1. The minimum absolute atomic E-state index is 0.186. The van der Waals surface area contributed by atoms with Crippen molar-refractivity contribution in [2.75, 3.05) is 26.4 Å². The quantitative estimate of drug-likeness (QED) is 0.732. The van der Waals surface area contributed by atoms with E-state index in [0.29, 0.717) is 42.6 Å². The Labute approximate surface area is 98.5 Å². The minimum atomic E-state index is 0.186. The van der Waals surface area contributed by atoms with E-state index < -0.39 is 0 Å². The van der Waals surface area contributed by atoms with Crippen molar-refractivity contribution in [3.63, 3.8) is 0 Å². The second kappa shape index (κ2) is 4.15. The lowest BCUT2D eigenvalue weighted by Crippen LogP contribution is -2.17. The van der Waals surface area contributed by atoms with Gasteiger partial charge >= 0.3 is 0 Å². The third-order valence-corrected chi connectivity index (χ3v) is 2.60. The van der Waals surface area contributed by atoms with Crippen molar-refractivity contribution in [3.8, 4) is 23.3 Å². The lowest BCUT2D eigenvalue weighted by Gasteiger charge is -2.21. The molecule has 0 aromatic heterocycles. The fraction of sp³-hybridized carbons (Fsp3) is 0.417. The fourth-order valence-electron chi connectivity index (χ4n) is 1.66. The molecule has 0 spiro atoms. The van der Waals surface area contributed by atoms with Gasteiger partial charge in [0.05, 0.1) is 12.2 Å². The summed E-state index contributed by atoms with van der Waals surface area (Å²) >= 11 is 0. The highest BCUT2D eigenvalue weighted by molar-refractivity contribution is 5.60. The summed E-state index contributed by atoms with van der Waals surface area (Å²) in [5.74, 6) is 1.61. The summed E-state index contributed by atoms with van der Waals surface area (Å²) in [7, 11) is 0. The van der Waals surface area contributed by atoms with Gasteiger partial charge in [-0.3, -0.25) is 0 Å². The Hall–Kier alpha value is -1.93. The van der Waals surface area contributed by atoms with E-state index in [-0.39, 0.29) is 6.10 Å². The molecule has 0 bridgehead atoms. The molecule has 0 N–H and O–H groups in total. The van der Waals surface area contributed by atoms with Crippen molar-refractivity contribution in [2.24, 2.45) is 0 Å². The smallest absolute Gasteiger partial charge is 0.205 e. The molecule has 0 aliphatic carbocycles. The van der Waals surface area contributed by atoms with E-state index in [1.54, 1.807) is 12.1 Å². The molecule has 17 heavy (non-hydrogen) atoms. The van der Waals surface area contributed by atoms with Crippen LogP contribution in [0.1, 0.15) is 5.56 Å². The van der Waals surface area contributed by atoms with Crippen LogP contribution in [-0.4, -0.2) is 32.5 Å². The normalized spacial score (nSPS) is 20.5. The topological polar surface area (TPSA) is 64.0 Å². The van der Waals surface area contributed by atoms with Crippen molar-refractivity contribution in [2.45, 2.75) is 6.10 Å². The molecule has 0 amide bonds. The van der Waals surface area contributed by atoms with Crippen LogP contribution >= 0.6 is 0 Å². The molecular formula is C12H11NO4. The Morgan fingerprint density at radius 1 is 1.29 bits per heavy atom. The van der Waals surface area contributed by atoms with Gasteiger partial charge in [0.15, 0.2) is 11.5 Å². The molecule has 0 saturated carbocycles. The fourth-order valence-corrected chi connectivity index (χ4v) is 1.66. The molecule has 5 nitrogen and oxygen atoms in total. The lowest BCUT2D eigenvalue weighted by atomic mass is 10.2. The van der Waals surface area contributed by atoms with Crippen molar-refractivity contribution in [1.82, 2.24) is 0 Å². The molecule has 2 aliphatic rings. The van der Waals surface area contributed by atoms with Gasteiger partial charge in [0.2, 0.25) is 5.75 Å². The van der Waals surface area contributed by atoms with Crippen LogP contribution in [0.5, 0.6) is 17.2 Å². The molecule has 1 aromatic rings. The molecule has 2 heterocycles. The van der Waals surface area contributed by atoms with Crippen molar-refractivity contribution in [1.29, 1.82) is 5.26 Å².